The molecule has 2 rings (SSSR count). The van der Waals surface area contributed by atoms with Crippen LogP contribution in [0.1, 0.15) is 29.0 Å². The van der Waals surface area contributed by atoms with Gasteiger partial charge in [0.1, 0.15) is 5.69 Å². The van der Waals surface area contributed by atoms with Crippen molar-refractivity contribution in [2.45, 2.75) is 19.8 Å². The van der Waals surface area contributed by atoms with E-state index in [1.165, 1.54) is 0 Å². The van der Waals surface area contributed by atoms with Gasteiger partial charge in [-0.3, -0.25) is 14.7 Å². The fraction of sp³-hybridized carbons (Fsp3) is 0.571. The summed E-state index contributed by atoms with van der Waals surface area (Å²) in [5, 5.41) is 0. The summed E-state index contributed by atoms with van der Waals surface area (Å²) in [5.74, 6) is 0.145. The van der Waals surface area contributed by atoms with Gasteiger partial charge in [0.25, 0.3) is 0 Å². The van der Waals surface area contributed by atoms with Crippen molar-refractivity contribution in [3.63, 3.8) is 0 Å². The zero-order valence-corrected chi connectivity index (χ0v) is 10.9. The minimum Gasteiger partial charge on any atom is -0.379 e. The topological polar surface area (TPSA) is 42.4 Å². The smallest absolute Gasteiger partial charge is 0.181 e. The number of hydrogen-bond donors (Lipinski definition) is 0. The number of pyridine rings is 1. The number of Topliss-reactive ketones (excluding diaryl/α,β-unsaturated/α-hetero) is 1. The standard InChI is InChI=1S/C14H20N2O2/c1-12-4-2-5-13(15-12)14(17)6-3-7-16-8-10-18-11-9-16/h2,4-5H,3,6-11H2,1H3. The van der Waals surface area contributed by atoms with E-state index in [0.717, 1.165) is 45.0 Å². The Kier molecular flexibility index (Phi) is 4.84. The van der Waals surface area contributed by atoms with Crippen LogP contribution < -0.4 is 0 Å². The van der Waals surface area contributed by atoms with Crippen LogP contribution in [0.2, 0.25) is 0 Å². The molecule has 0 radical (unpaired) electrons. The summed E-state index contributed by atoms with van der Waals surface area (Å²) in [7, 11) is 0. The highest BCUT2D eigenvalue weighted by molar-refractivity contribution is 5.94. The molecule has 0 aliphatic carbocycles. The molecular formula is C14H20N2O2. The summed E-state index contributed by atoms with van der Waals surface area (Å²) < 4.78 is 5.29. The van der Waals surface area contributed by atoms with Gasteiger partial charge in [-0.25, -0.2) is 0 Å². The van der Waals surface area contributed by atoms with Crippen LogP contribution in [0.4, 0.5) is 0 Å². The van der Waals surface area contributed by atoms with Crippen LogP contribution in [-0.2, 0) is 4.74 Å². The fourth-order valence-corrected chi connectivity index (χ4v) is 2.11. The van der Waals surface area contributed by atoms with Crippen LogP contribution >= 0.6 is 0 Å². The maximum atomic E-state index is 11.9. The lowest BCUT2D eigenvalue weighted by atomic mass is 10.1. The monoisotopic (exact) mass is 248 g/mol. The Morgan fingerprint density at radius 1 is 1.39 bits per heavy atom. The predicted octanol–water partition coefficient (Wildman–Crippen LogP) is 1.69. The van der Waals surface area contributed by atoms with Gasteiger partial charge >= 0.3 is 0 Å². The molecule has 1 fully saturated rings. The van der Waals surface area contributed by atoms with Gasteiger partial charge in [0.05, 0.1) is 13.2 Å². The molecule has 0 bridgehead atoms. The van der Waals surface area contributed by atoms with Crippen LogP contribution in [0.5, 0.6) is 0 Å². The van der Waals surface area contributed by atoms with E-state index in [0.29, 0.717) is 12.1 Å². The van der Waals surface area contributed by atoms with Crippen molar-refractivity contribution >= 4 is 5.78 Å². The number of rotatable bonds is 5. The summed E-state index contributed by atoms with van der Waals surface area (Å²) in [6, 6.07) is 5.59. The molecular weight excluding hydrogens is 228 g/mol. The van der Waals surface area contributed by atoms with E-state index >= 15 is 0 Å². The fourth-order valence-electron chi connectivity index (χ4n) is 2.11. The molecule has 0 N–H and O–H groups in total. The maximum absolute atomic E-state index is 11.9. The quantitative estimate of drug-likeness (QED) is 0.744. The Morgan fingerprint density at radius 3 is 2.89 bits per heavy atom. The number of ketones is 1. The second-order valence-electron chi connectivity index (χ2n) is 4.64. The van der Waals surface area contributed by atoms with Gasteiger partial charge in [-0.15, -0.1) is 0 Å². The van der Waals surface area contributed by atoms with Crippen molar-refractivity contribution in [2.75, 3.05) is 32.8 Å². The van der Waals surface area contributed by atoms with Crippen molar-refractivity contribution < 1.29 is 9.53 Å². The van der Waals surface area contributed by atoms with Gasteiger partial charge in [0.15, 0.2) is 5.78 Å². The van der Waals surface area contributed by atoms with Crippen molar-refractivity contribution in [1.29, 1.82) is 0 Å². The highest BCUT2D eigenvalue weighted by Gasteiger charge is 2.12. The van der Waals surface area contributed by atoms with Crippen LogP contribution in [0.25, 0.3) is 0 Å². The molecule has 0 spiro atoms. The van der Waals surface area contributed by atoms with Gasteiger partial charge in [-0.05, 0) is 32.0 Å². The van der Waals surface area contributed by atoms with Gasteiger partial charge < -0.3 is 4.74 Å². The van der Waals surface area contributed by atoms with E-state index in [4.69, 9.17) is 4.74 Å². The van der Waals surface area contributed by atoms with Gasteiger partial charge in [-0.2, -0.15) is 0 Å². The molecule has 18 heavy (non-hydrogen) atoms. The Bertz CT molecular complexity index is 401. The molecule has 0 saturated carbocycles. The number of nitrogens with zero attached hydrogens (tertiary/aromatic N) is 2. The number of hydrogen-bond acceptors (Lipinski definition) is 4. The largest absolute Gasteiger partial charge is 0.379 e. The van der Waals surface area contributed by atoms with Gasteiger partial charge in [0.2, 0.25) is 0 Å². The molecule has 1 aromatic rings. The SMILES string of the molecule is Cc1cccc(C(=O)CCCN2CCOCC2)n1. The van der Waals surface area contributed by atoms with Crippen LogP contribution in [-0.4, -0.2) is 48.5 Å². The van der Waals surface area contributed by atoms with Crippen LogP contribution in [0, 0.1) is 6.92 Å². The van der Waals surface area contributed by atoms with E-state index in [1.807, 2.05) is 19.1 Å². The molecule has 0 aromatic carbocycles. The molecule has 0 unspecified atom stereocenters. The molecule has 2 heterocycles. The van der Waals surface area contributed by atoms with E-state index in [1.54, 1.807) is 6.07 Å². The van der Waals surface area contributed by atoms with E-state index in [2.05, 4.69) is 9.88 Å². The highest BCUT2D eigenvalue weighted by atomic mass is 16.5. The number of carbonyl (C=O) groups excluding carboxylic acids is 1. The molecule has 1 aliphatic heterocycles. The third kappa shape index (κ3) is 3.89. The first kappa shape index (κ1) is 13.2. The minimum atomic E-state index is 0.145. The summed E-state index contributed by atoms with van der Waals surface area (Å²) in [6.45, 7) is 6.47. The number of aromatic nitrogens is 1. The third-order valence-electron chi connectivity index (χ3n) is 3.16. The summed E-state index contributed by atoms with van der Waals surface area (Å²) >= 11 is 0. The molecule has 4 heteroatoms. The van der Waals surface area contributed by atoms with Gasteiger partial charge in [-0.1, -0.05) is 6.07 Å². The molecule has 0 amide bonds. The second-order valence-corrected chi connectivity index (χ2v) is 4.64. The zero-order valence-electron chi connectivity index (χ0n) is 10.9. The van der Waals surface area contributed by atoms with Crippen molar-refractivity contribution in [3.05, 3.63) is 29.6 Å². The summed E-state index contributed by atoms with van der Waals surface area (Å²) in [5.41, 5.74) is 1.49. The average molecular weight is 248 g/mol. The maximum Gasteiger partial charge on any atom is 0.181 e. The minimum absolute atomic E-state index is 0.145. The zero-order chi connectivity index (χ0) is 12.8. The van der Waals surface area contributed by atoms with Crippen molar-refractivity contribution in [3.8, 4) is 0 Å². The number of morpholine rings is 1. The Labute approximate surface area is 108 Å². The summed E-state index contributed by atoms with van der Waals surface area (Å²) in [4.78, 5) is 18.5. The van der Waals surface area contributed by atoms with E-state index in [-0.39, 0.29) is 5.78 Å². The average Bonchev–Trinajstić information content (AvgIpc) is 2.40. The first-order chi connectivity index (χ1) is 8.75. The Hall–Kier alpha value is -1.26. The highest BCUT2D eigenvalue weighted by Crippen LogP contribution is 2.06. The molecule has 0 atom stereocenters. The summed E-state index contributed by atoms with van der Waals surface area (Å²) in [6.07, 6.45) is 1.47. The molecule has 1 saturated heterocycles. The van der Waals surface area contributed by atoms with Crippen molar-refractivity contribution in [2.24, 2.45) is 0 Å². The van der Waals surface area contributed by atoms with Crippen molar-refractivity contribution in [1.82, 2.24) is 9.88 Å². The van der Waals surface area contributed by atoms with Gasteiger partial charge in [0, 0.05) is 25.2 Å². The van der Waals surface area contributed by atoms with Crippen LogP contribution in [0.15, 0.2) is 18.2 Å². The lowest BCUT2D eigenvalue weighted by Gasteiger charge is -2.26. The number of carbonyl (C=O) groups is 1. The molecule has 1 aromatic heterocycles. The Balaban J connectivity index is 1.74. The second kappa shape index (κ2) is 6.61. The predicted molar refractivity (Wildman–Crippen MR) is 69.8 cm³/mol. The van der Waals surface area contributed by atoms with Crippen LogP contribution in [0.3, 0.4) is 0 Å². The third-order valence-corrected chi connectivity index (χ3v) is 3.16. The number of ether oxygens (including phenoxy) is 1. The first-order valence-electron chi connectivity index (χ1n) is 6.52. The Morgan fingerprint density at radius 2 is 2.17 bits per heavy atom. The molecule has 98 valence electrons. The molecule has 4 nitrogen and oxygen atoms in total. The van der Waals surface area contributed by atoms with E-state index in [9.17, 15) is 4.79 Å². The first-order valence-corrected chi connectivity index (χ1v) is 6.52. The lowest BCUT2D eigenvalue weighted by Crippen LogP contribution is -2.36. The lowest BCUT2D eigenvalue weighted by molar-refractivity contribution is 0.0371. The van der Waals surface area contributed by atoms with E-state index < -0.39 is 0 Å². The number of aryl methyl sites for hydroxylation is 1. The normalized spacial score (nSPS) is 16.7. The molecule has 1 aliphatic rings.